The number of nitrogens with one attached hydrogen (secondary N) is 1. The van der Waals surface area contributed by atoms with Crippen LogP contribution in [0.3, 0.4) is 0 Å². The van der Waals surface area contributed by atoms with Crippen LogP contribution in [0.5, 0.6) is 0 Å². The summed E-state index contributed by atoms with van der Waals surface area (Å²) in [6.45, 7) is 4.89. The molecule has 0 saturated carbocycles. The monoisotopic (exact) mass is 289 g/mol. The smallest absolute Gasteiger partial charge is 0.217 e. The third-order valence-corrected chi connectivity index (χ3v) is 4.76. The van der Waals surface area contributed by atoms with E-state index in [0.717, 1.165) is 25.7 Å². The number of rotatable bonds is 2. The van der Waals surface area contributed by atoms with E-state index in [0.29, 0.717) is 13.2 Å². The number of carbonyl (C=O) groups is 1. The van der Waals surface area contributed by atoms with Gasteiger partial charge in [0, 0.05) is 13.3 Å². The normalized spacial score (nSPS) is 27.7. The van der Waals surface area contributed by atoms with Crippen LogP contribution < -0.4 is 5.32 Å². The Morgan fingerprint density at radius 2 is 1.86 bits per heavy atom. The Labute approximate surface area is 125 Å². The van der Waals surface area contributed by atoms with E-state index in [9.17, 15) is 4.79 Å². The van der Waals surface area contributed by atoms with E-state index in [1.165, 1.54) is 11.1 Å². The summed E-state index contributed by atoms with van der Waals surface area (Å²) in [4.78, 5) is 11.8. The Morgan fingerprint density at radius 3 is 2.52 bits per heavy atom. The molecule has 1 unspecified atom stereocenters. The van der Waals surface area contributed by atoms with Gasteiger partial charge < -0.3 is 14.8 Å². The van der Waals surface area contributed by atoms with Crippen molar-refractivity contribution in [3.05, 3.63) is 35.4 Å². The molecule has 1 fully saturated rings. The average molecular weight is 289 g/mol. The van der Waals surface area contributed by atoms with Crippen molar-refractivity contribution in [3.8, 4) is 0 Å². The summed E-state index contributed by atoms with van der Waals surface area (Å²) >= 11 is 0. The van der Waals surface area contributed by atoms with Crippen LogP contribution in [-0.4, -0.2) is 30.4 Å². The maximum absolute atomic E-state index is 11.8. The summed E-state index contributed by atoms with van der Waals surface area (Å²) in [6, 6.07) is 8.42. The minimum absolute atomic E-state index is 0.0339. The highest BCUT2D eigenvalue weighted by Crippen LogP contribution is 2.40. The van der Waals surface area contributed by atoms with Crippen molar-refractivity contribution in [1.29, 1.82) is 0 Å². The Morgan fingerprint density at radius 1 is 1.19 bits per heavy atom. The molecule has 1 N–H and O–H groups in total. The lowest BCUT2D eigenvalue weighted by molar-refractivity contribution is -0.296. The van der Waals surface area contributed by atoms with Gasteiger partial charge in [-0.15, -0.1) is 0 Å². The van der Waals surface area contributed by atoms with Crippen LogP contribution in [0.1, 0.15) is 37.8 Å². The Hall–Kier alpha value is -1.39. The largest absolute Gasteiger partial charge is 0.348 e. The second-order valence-electron chi connectivity index (χ2n) is 6.20. The van der Waals surface area contributed by atoms with Crippen LogP contribution in [-0.2, 0) is 27.1 Å². The van der Waals surface area contributed by atoms with E-state index in [-0.39, 0.29) is 5.91 Å². The number of carbonyl (C=O) groups excluding carboxylic acids is 1. The molecule has 3 rings (SSSR count). The molecule has 1 aliphatic carbocycles. The van der Waals surface area contributed by atoms with Gasteiger partial charge in [-0.3, -0.25) is 4.79 Å². The molecule has 2 aliphatic rings. The molecule has 1 aromatic carbocycles. The number of hydrogen-bond donors (Lipinski definition) is 1. The zero-order valence-electron chi connectivity index (χ0n) is 12.8. The summed E-state index contributed by atoms with van der Waals surface area (Å²) < 4.78 is 12.0. The van der Waals surface area contributed by atoms with Gasteiger partial charge in [0.1, 0.15) is 0 Å². The molecule has 1 amide bonds. The molecule has 21 heavy (non-hydrogen) atoms. The number of amides is 1. The molecular weight excluding hydrogens is 266 g/mol. The van der Waals surface area contributed by atoms with Crippen molar-refractivity contribution in [2.45, 2.75) is 50.9 Å². The predicted octanol–water partition coefficient (Wildman–Crippen LogP) is 2.20. The van der Waals surface area contributed by atoms with Crippen LogP contribution in [0.25, 0.3) is 0 Å². The van der Waals surface area contributed by atoms with E-state index in [1.54, 1.807) is 6.92 Å². The molecular formula is C17H23NO3. The first-order valence-electron chi connectivity index (χ1n) is 7.68. The van der Waals surface area contributed by atoms with E-state index < -0.39 is 11.3 Å². The number of fused-ring (bicyclic) bond motifs is 1. The summed E-state index contributed by atoms with van der Waals surface area (Å²) in [5.74, 6) is -0.793. The first-order valence-corrected chi connectivity index (χ1v) is 7.68. The average Bonchev–Trinajstić information content (AvgIpc) is 2.47. The number of aryl methyl sites for hydroxylation is 1. The highest BCUT2D eigenvalue weighted by Gasteiger charge is 2.53. The third kappa shape index (κ3) is 2.58. The summed E-state index contributed by atoms with van der Waals surface area (Å²) in [5.41, 5.74) is 2.14. The van der Waals surface area contributed by atoms with Crippen LogP contribution in [0, 0.1) is 0 Å². The zero-order chi connectivity index (χ0) is 14.9. The molecule has 1 heterocycles. The van der Waals surface area contributed by atoms with E-state index in [1.807, 2.05) is 13.0 Å². The van der Waals surface area contributed by atoms with Crippen molar-refractivity contribution >= 4 is 5.91 Å². The Bertz CT molecular complexity index is 537. The lowest BCUT2D eigenvalue weighted by Crippen LogP contribution is -2.68. The highest BCUT2D eigenvalue weighted by atomic mass is 16.7. The lowest BCUT2D eigenvalue weighted by Gasteiger charge is -2.51. The van der Waals surface area contributed by atoms with Gasteiger partial charge >= 0.3 is 0 Å². The van der Waals surface area contributed by atoms with Gasteiger partial charge in [0.25, 0.3) is 0 Å². The van der Waals surface area contributed by atoms with Gasteiger partial charge in [0.05, 0.1) is 18.8 Å². The second kappa shape index (κ2) is 5.43. The molecule has 4 heteroatoms. The quantitative estimate of drug-likeness (QED) is 0.908. The molecule has 114 valence electrons. The minimum atomic E-state index is -0.759. The zero-order valence-corrected chi connectivity index (χ0v) is 12.8. The fourth-order valence-electron chi connectivity index (χ4n) is 3.59. The molecule has 4 nitrogen and oxygen atoms in total. The van der Waals surface area contributed by atoms with Crippen LogP contribution >= 0.6 is 0 Å². The van der Waals surface area contributed by atoms with E-state index in [4.69, 9.17) is 9.47 Å². The fourth-order valence-corrected chi connectivity index (χ4v) is 3.59. The molecule has 0 radical (unpaired) electrons. The van der Waals surface area contributed by atoms with E-state index in [2.05, 4.69) is 23.5 Å². The summed E-state index contributed by atoms with van der Waals surface area (Å²) in [7, 11) is 0. The molecule has 0 bridgehead atoms. The third-order valence-electron chi connectivity index (χ3n) is 4.76. The number of benzene rings is 1. The van der Waals surface area contributed by atoms with Crippen molar-refractivity contribution in [3.63, 3.8) is 0 Å². The Kier molecular flexibility index (Phi) is 3.76. The topological polar surface area (TPSA) is 47.6 Å². The fraction of sp³-hybridized carbons (Fsp3) is 0.588. The molecule has 0 aromatic heterocycles. The van der Waals surface area contributed by atoms with Gasteiger partial charge in [0.15, 0.2) is 5.79 Å². The number of ether oxygens (including phenoxy) is 2. The molecule has 1 aliphatic heterocycles. The molecule has 1 saturated heterocycles. The van der Waals surface area contributed by atoms with Gasteiger partial charge in [-0.05, 0) is 37.3 Å². The first kappa shape index (κ1) is 14.5. The minimum Gasteiger partial charge on any atom is -0.348 e. The first-order chi connectivity index (χ1) is 10.0. The maximum atomic E-state index is 11.8. The Balaban J connectivity index is 1.97. The highest BCUT2D eigenvalue weighted by molar-refractivity contribution is 5.74. The van der Waals surface area contributed by atoms with Crippen LogP contribution in [0.15, 0.2) is 24.3 Å². The van der Waals surface area contributed by atoms with Gasteiger partial charge in [-0.2, -0.15) is 0 Å². The van der Waals surface area contributed by atoms with Crippen molar-refractivity contribution in [2.75, 3.05) is 13.2 Å². The predicted molar refractivity (Wildman–Crippen MR) is 79.9 cm³/mol. The second-order valence-corrected chi connectivity index (χ2v) is 6.20. The summed E-state index contributed by atoms with van der Waals surface area (Å²) in [6.07, 6.45) is 3.42. The molecule has 1 aromatic rings. The van der Waals surface area contributed by atoms with Crippen molar-refractivity contribution < 1.29 is 14.3 Å². The van der Waals surface area contributed by atoms with Gasteiger partial charge in [0.2, 0.25) is 5.91 Å². The lowest BCUT2D eigenvalue weighted by atomic mass is 9.72. The summed E-state index contributed by atoms with van der Waals surface area (Å²) in [5, 5.41) is 3.16. The maximum Gasteiger partial charge on any atom is 0.217 e. The van der Waals surface area contributed by atoms with Crippen LogP contribution in [0.2, 0.25) is 0 Å². The SMILES string of the molecule is CC(=O)NC1(C2(C)OCCCO2)CCc2ccccc2C1. The molecule has 0 spiro atoms. The van der Waals surface area contributed by atoms with Gasteiger partial charge in [-0.1, -0.05) is 24.3 Å². The number of hydrogen-bond acceptors (Lipinski definition) is 3. The van der Waals surface area contributed by atoms with E-state index >= 15 is 0 Å². The van der Waals surface area contributed by atoms with Crippen LogP contribution in [0.4, 0.5) is 0 Å². The standard InChI is InChI=1S/C17H23NO3/c1-13(19)18-17(16(2)20-10-5-11-21-16)9-8-14-6-3-4-7-15(14)12-17/h3-4,6-7H,5,8-12H2,1-2H3,(H,18,19). The van der Waals surface area contributed by atoms with Gasteiger partial charge in [-0.25, -0.2) is 0 Å². The molecule has 1 atom stereocenters. The van der Waals surface area contributed by atoms with Crippen molar-refractivity contribution in [2.24, 2.45) is 0 Å². The van der Waals surface area contributed by atoms with Crippen molar-refractivity contribution in [1.82, 2.24) is 5.32 Å².